The summed E-state index contributed by atoms with van der Waals surface area (Å²) in [6.45, 7) is 6.64. The number of pyridine rings is 2. The Hall–Kier alpha value is -5.99. The maximum atomic E-state index is 14.6. The van der Waals surface area contributed by atoms with Crippen molar-refractivity contribution >= 4 is 73.0 Å². The third kappa shape index (κ3) is 12.4. The highest BCUT2D eigenvalue weighted by molar-refractivity contribution is 9.10. The summed E-state index contributed by atoms with van der Waals surface area (Å²) in [5.74, 6) is 0.161. The van der Waals surface area contributed by atoms with Gasteiger partial charge in [-0.2, -0.15) is 0 Å². The molecule has 82 heavy (non-hydrogen) atoms. The number of piperazine rings is 2. The number of nitrogens with one attached hydrogen (secondary N) is 1. The van der Waals surface area contributed by atoms with E-state index in [1.807, 2.05) is 83.0 Å². The number of hydrogen-bond donors (Lipinski definition) is 1. The van der Waals surface area contributed by atoms with Crippen LogP contribution in [-0.2, 0) is 59.7 Å². The van der Waals surface area contributed by atoms with Crippen LogP contribution < -0.4 is 5.32 Å². The van der Waals surface area contributed by atoms with Gasteiger partial charge in [0.1, 0.15) is 12.6 Å². The number of hydrogen-bond acceptors (Lipinski definition) is 11. The van der Waals surface area contributed by atoms with Gasteiger partial charge in [0.15, 0.2) is 0 Å². The zero-order valence-electron chi connectivity index (χ0n) is 45.6. The van der Waals surface area contributed by atoms with E-state index in [0.29, 0.717) is 44.3 Å². The third-order valence-electron chi connectivity index (χ3n) is 17.2. The van der Waals surface area contributed by atoms with Crippen molar-refractivity contribution in [2.75, 3.05) is 52.4 Å². The lowest BCUT2D eigenvalue weighted by atomic mass is 9.95. The van der Waals surface area contributed by atoms with Gasteiger partial charge in [-0.3, -0.25) is 34.3 Å². The number of nitrogens with zero attached hydrogens (tertiary/aromatic N) is 11. The standard InChI is InChI=1S/C35H36BrClN6O3.C27H30BrClN6O/c36-27-17-26-9-8-25-18-28(37)10-11-30(25)33(32(26)39-19-27)41-15-16-43(35(45)46-22-24-5-2-1-3-6-24)31(21-41)34(44)42-13-4-7-29(42)20-40-14-12-38-23-40;28-20-12-19-4-3-18-13-21(29)5-6-23(18)26(25(19)32-14-20)34-11-8-31-24(16-34)27(36)35-9-1-2-22(35)15-33-10-7-30-17-33/h1-3,5-6,10-12,14,17-19,23,29,31,33H,4,7-9,13,15-16,20-22H2;5-7,10,12-14,17,22,24,26,31H,1-4,8-9,11,15-16H2/t29-,31-,33?;22-,24-,26?/m11/s1. The molecule has 6 atom stereocenters. The lowest BCUT2D eigenvalue weighted by molar-refractivity contribution is -0.140. The summed E-state index contributed by atoms with van der Waals surface area (Å²) in [6.07, 6.45) is 21.8. The minimum absolute atomic E-state index is 0.000547. The van der Waals surface area contributed by atoms with Crippen molar-refractivity contribution in [1.29, 1.82) is 0 Å². The van der Waals surface area contributed by atoms with E-state index >= 15 is 0 Å². The average molecular weight is 1270 g/mol. The molecule has 20 heteroatoms. The predicted octanol–water partition coefficient (Wildman–Crippen LogP) is 9.74. The zero-order chi connectivity index (χ0) is 56.3. The number of imidazole rings is 2. The van der Waals surface area contributed by atoms with Crippen LogP contribution in [0.2, 0.25) is 10.0 Å². The molecule has 4 aliphatic heterocycles. The highest BCUT2D eigenvalue weighted by Gasteiger charge is 2.45. The number of ether oxygens (including phenoxy) is 1. The van der Waals surface area contributed by atoms with Crippen molar-refractivity contribution in [2.24, 2.45) is 0 Å². The molecule has 426 valence electrons. The molecule has 4 fully saturated rings. The molecule has 2 unspecified atom stereocenters. The van der Waals surface area contributed by atoms with Crippen molar-refractivity contribution in [3.8, 4) is 0 Å². The van der Waals surface area contributed by atoms with Gasteiger partial charge in [-0.25, -0.2) is 14.8 Å². The fraction of sp³-hybridized carbons (Fsp3) is 0.403. The summed E-state index contributed by atoms with van der Waals surface area (Å²) < 4.78 is 11.8. The molecule has 6 aliphatic rings. The van der Waals surface area contributed by atoms with Gasteiger partial charge in [-0.15, -0.1) is 0 Å². The van der Waals surface area contributed by atoms with Gasteiger partial charge >= 0.3 is 6.09 Å². The molecule has 16 nitrogen and oxygen atoms in total. The average Bonchev–Trinajstić information content (AvgIpc) is 4.46. The molecule has 0 saturated carbocycles. The summed E-state index contributed by atoms with van der Waals surface area (Å²) in [5.41, 5.74) is 10.2. The van der Waals surface area contributed by atoms with Crippen LogP contribution in [0.25, 0.3) is 0 Å². The second-order valence-corrected chi connectivity index (χ2v) is 25.0. The van der Waals surface area contributed by atoms with Gasteiger partial charge in [-0.1, -0.05) is 65.7 Å². The zero-order valence-corrected chi connectivity index (χ0v) is 50.3. The Balaban J connectivity index is 0.000000167. The maximum absolute atomic E-state index is 14.6. The minimum Gasteiger partial charge on any atom is -0.445 e. The van der Waals surface area contributed by atoms with Gasteiger partial charge in [0.05, 0.1) is 42.2 Å². The number of carbonyl (C=O) groups is 3. The van der Waals surface area contributed by atoms with Gasteiger partial charge < -0.3 is 29.0 Å². The van der Waals surface area contributed by atoms with Crippen LogP contribution in [0.3, 0.4) is 0 Å². The molecule has 1 N–H and O–H groups in total. The van der Waals surface area contributed by atoms with Gasteiger partial charge in [0.25, 0.3) is 0 Å². The number of benzene rings is 3. The second-order valence-electron chi connectivity index (χ2n) is 22.3. The third-order valence-corrected chi connectivity index (χ3v) is 18.6. The van der Waals surface area contributed by atoms with Crippen molar-refractivity contribution in [3.05, 3.63) is 198 Å². The summed E-state index contributed by atoms with van der Waals surface area (Å²) in [7, 11) is 0. The highest BCUT2D eigenvalue weighted by atomic mass is 79.9. The summed E-state index contributed by atoms with van der Waals surface area (Å²) in [4.78, 5) is 70.8. The number of fused-ring (bicyclic) bond motifs is 4. The molecule has 3 aromatic carbocycles. The van der Waals surface area contributed by atoms with Crippen LogP contribution in [0.15, 0.2) is 138 Å². The van der Waals surface area contributed by atoms with E-state index in [1.165, 1.54) is 27.8 Å². The molecular weight excluding hydrogens is 1210 g/mol. The van der Waals surface area contributed by atoms with Crippen LogP contribution in [0.4, 0.5) is 4.79 Å². The molecular formula is C62H66Br2Cl2N12O4. The summed E-state index contributed by atoms with van der Waals surface area (Å²) >= 11 is 20.1. The van der Waals surface area contributed by atoms with E-state index < -0.39 is 12.1 Å². The van der Waals surface area contributed by atoms with Crippen LogP contribution >= 0.6 is 55.1 Å². The summed E-state index contributed by atoms with van der Waals surface area (Å²) in [6, 6.07) is 25.4. The number of likely N-dealkylation sites (tertiary alicyclic amines) is 2. The quantitative estimate of drug-likeness (QED) is 0.140. The largest absolute Gasteiger partial charge is 0.445 e. The van der Waals surface area contributed by atoms with Crippen LogP contribution in [-0.4, -0.2) is 148 Å². The normalized spacial score (nSPS) is 22.7. The van der Waals surface area contributed by atoms with Crippen LogP contribution in [0.1, 0.15) is 88.1 Å². The van der Waals surface area contributed by atoms with E-state index in [2.05, 4.69) is 103 Å². The Morgan fingerprint density at radius 2 is 1.16 bits per heavy atom. The number of carbonyl (C=O) groups excluding carboxylic acids is 3. The van der Waals surface area contributed by atoms with Crippen molar-refractivity contribution < 1.29 is 19.1 Å². The minimum atomic E-state index is -0.710. The van der Waals surface area contributed by atoms with Crippen molar-refractivity contribution in [1.82, 2.24) is 58.9 Å². The first-order valence-corrected chi connectivity index (χ1v) is 30.9. The predicted molar refractivity (Wildman–Crippen MR) is 321 cm³/mol. The second kappa shape index (κ2) is 25.5. The van der Waals surface area contributed by atoms with Crippen LogP contribution in [0, 0.1) is 0 Å². The molecule has 2 aliphatic carbocycles. The molecule has 13 rings (SSSR count). The van der Waals surface area contributed by atoms with Crippen molar-refractivity contribution in [3.63, 3.8) is 0 Å². The SMILES string of the molecule is O=C([C@H]1CN(C2c3ccc(Cl)cc3CCc3cc(Br)cnc32)CCN1)N1CCC[C@@H]1Cn1ccnc1.O=C([C@H]1CN(C2c3ccc(Cl)cc3CCc3cc(Br)cnc32)CCN1C(=O)OCc1ccccc1)N1CCC[C@@H]1Cn1ccnc1. The van der Waals surface area contributed by atoms with E-state index in [9.17, 15) is 14.4 Å². The first-order chi connectivity index (χ1) is 40.0. The van der Waals surface area contributed by atoms with Gasteiger partial charge in [0, 0.05) is 134 Å². The number of amides is 3. The maximum Gasteiger partial charge on any atom is 0.410 e. The molecule has 8 heterocycles. The molecule has 0 radical (unpaired) electrons. The Bertz CT molecular complexity index is 3290. The number of rotatable bonds is 10. The molecule has 4 aromatic heterocycles. The fourth-order valence-electron chi connectivity index (χ4n) is 13.3. The monoisotopic (exact) mass is 1270 g/mol. The Labute approximate surface area is 505 Å². The lowest BCUT2D eigenvalue weighted by Gasteiger charge is -2.44. The lowest BCUT2D eigenvalue weighted by Crippen LogP contribution is -2.62. The number of aryl methyl sites for hydroxylation is 4. The van der Waals surface area contributed by atoms with E-state index in [1.54, 1.807) is 23.6 Å². The van der Waals surface area contributed by atoms with E-state index in [4.69, 9.17) is 37.9 Å². The highest BCUT2D eigenvalue weighted by Crippen LogP contribution is 2.41. The van der Waals surface area contributed by atoms with Gasteiger partial charge in [0.2, 0.25) is 11.8 Å². The molecule has 7 aromatic rings. The van der Waals surface area contributed by atoms with Crippen LogP contribution in [0.5, 0.6) is 0 Å². The first kappa shape index (κ1) is 56.5. The first-order valence-electron chi connectivity index (χ1n) is 28.6. The smallest absolute Gasteiger partial charge is 0.410 e. The molecule has 0 bridgehead atoms. The van der Waals surface area contributed by atoms with Gasteiger partial charge in [-0.05, 0) is 159 Å². The van der Waals surface area contributed by atoms with Crippen molar-refractivity contribution in [2.45, 2.75) is 107 Å². The number of halogens is 4. The molecule has 0 spiro atoms. The molecule has 4 saturated heterocycles. The van der Waals surface area contributed by atoms with E-state index in [0.717, 1.165) is 114 Å². The Morgan fingerprint density at radius 3 is 1.72 bits per heavy atom. The fourth-order valence-corrected chi connectivity index (χ4v) is 14.5. The Kier molecular flexibility index (Phi) is 17.5. The molecule has 3 amide bonds. The Morgan fingerprint density at radius 1 is 0.610 bits per heavy atom. The summed E-state index contributed by atoms with van der Waals surface area (Å²) in [5, 5.41) is 4.99. The topological polar surface area (TPSA) is 150 Å². The van der Waals surface area contributed by atoms with E-state index in [-0.39, 0.29) is 48.6 Å². The number of aromatic nitrogens is 6.